The molecule has 1 aliphatic rings. The van der Waals surface area contributed by atoms with E-state index in [9.17, 15) is 9.50 Å². The van der Waals surface area contributed by atoms with Gasteiger partial charge in [-0.25, -0.2) is 4.39 Å². The molecule has 1 aromatic rings. The summed E-state index contributed by atoms with van der Waals surface area (Å²) in [7, 11) is 0. The number of ether oxygens (including phenoxy) is 1. The molecule has 0 spiro atoms. The summed E-state index contributed by atoms with van der Waals surface area (Å²) >= 11 is 6.35. The Kier molecular flexibility index (Phi) is 2.68. The maximum atomic E-state index is 13.2. The van der Waals surface area contributed by atoms with Gasteiger partial charge in [0, 0.05) is 10.0 Å². The highest BCUT2D eigenvalue weighted by Gasteiger charge is 2.39. The topological polar surface area (TPSA) is 29.5 Å². The first kappa shape index (κ1) is 10.5. The van der Waals surface area contributed by atoms with Crippen LogP contribution in [0.1, 0.15) is 5.56 Å². The molecule has 1 saturated heterocycles. The van der Waals surface area contributed by atoms with E-state index < -0.39 is 5.60 Å². The number of rotatable bonds is 1. The highest BCUT2D eigenvalue weighted by molar-refractivity contribution is 9.11. The van der Waals surface area contributed by atoms with Gasteiger partial charge in [0.05, 0.1) is 17.7 Å². The van der Waals surface area contributed by atoms with E-state index in [1.807, 2.05) is 0 Å². The van der Waals surface area contributed by atoms with Crippen LogP contribution in [-0.4, -0.2) is 18.3 Å². The van der Waals surface area contributed by atoms with Crippen molar-refractivity contribution in [1.29, 1.82) is 0 Å². The van der Waals surface area contributed by atoms with Gasteiger partial charge < -0.3 is 9.84 Å². The van der Waals surface area contributed by atoms with Crippen LogP contribution < -0.4 is 0 Å². The lowest BCUT2D eigenvalue weighted by molar-refractivity contribution is -0.185. The van der Waals surface area contributed by atoms with Crippen LogP contribution >= 0.6 is 31.9 Å². The van der Waals surface area contributed by atoms with Crippen molar-refractivity contribution in [3.05, 3.63) is 32.5 Å². The molecule has 0 aromatic heterocycles. The summed E-state index contributed by atoms with van der Waals surface area (Å²) in [5.41, 5.74) is -0.509. The largest absolute Gasteiger partial charge is 0.380 e. The van der Waals surface area contributed by atoms with Crippen molar-refractivity contribution in [3.63, 3.8) is 0 Å². The molecule has 1 fully saturated rings. The zero-order valence-electron chi connectivity index (χ0n) is 7.06. The molecule has 5 heteroatoms. The van der Waals surface area contributed by atoms with Crippen molar-refractivity contribution in [2.45, 2.75) is 5.60 Å². The average Bonchev–Trinajstić information content (AvgIpc) is 2.07. The molecule has 1 N–H and O–H groups in total. The highest BCUT2D eigenvalue weighted by atomic mass is 79.9. The Morgan fingerprint density at radius 2 is 1.93 bits per heavy atom. The minimum atomic E-state index is -1.04. The lowest BCUT2D eigenvalue weighted by atomic mass is 9.92. The summed E-state index contributed by atoms with van der Waals surface area (Å²) in [5.74, 6) is -0.386. The van der Waals surface area contributed by atoms with Crippen LogP contribution in [0.4, 0.5) is 4.39 Å². The maximum Gasteiger partial charge on any atom is 0.137 e. The van der Waals surface area contributed by atoms with Gasteiger partial charge in [-0.3, -0.25) is 0 Å². The van der Waals surface area contributed by atoms with Crippen LogP contribution in [0.15, 0.2) is 21.1 Å². The Morgan fingerprint density at radius 3 is 2.43 bits per heavy atom. The summed E-state index contributed by atoms with van der Waals surface area (Å²) in [6.45, 7) is 0.430. The molecule has 0 saturated carbocycles. The van der Waals surface area contributed by atoms with E-state index in [1.165, 1.54) is 6.07 Å². The van der Waals surface area contributed by atoms with Crippen molar-refractivity contribution < 1.29 is 14.2 Å². The fourth-order valence-electron chi connectivity index (χ4n) is 1.33. The minimum Gasteiger partial charge on any atom is -0.380 e. The number of benzene rings is 1. The predicted molar refractivity (Wildman–Crippen MR) is 56.5 cm³/mol. The standard InChI is InChI=1S/C9H7Br2FO2/c10-6-2-7(11)8(12)1-5(6)9(13)3-14-4-9/h1-2,13H,3-4H2. The van der Waals surface area contributed by atoms with E-state index in [1.54, 1.807) is 6.07 Å². The molecule has 0 atom stereocenters. The SMILES string of the molecule is OC1(c2cc(F)c(Br)cc2Br)COC1. The molecule has 0 bridgehead atoms. The number of aliphatic hydroxyl groups is 1. The van der Waals surface area contributed by atoms with E-state index in [2.05, 4.69) is 31.9 Å². The third kappa shape index (κ3) is 1.62. The zero-order valence-corrected chi connectivity index (χ0v) is 10.2. The van der Waals surface area contributed by atoms with E-state index in [0.29, 0.717) is 14.5 Å². The van der Waals surface area contributed by atoms with Gasteiger partial charge in [-0.1, -0.05) is 15.9 Å². The predicted octanol–water partition coefficient (Wildman–Crippen LogP) is 2.57. The molecule has 14 heavy (non-hydrogen) atoms. The van der Waals surface area contributed by atoms with Gasteiger partial charge in [0.2, 0.25) is 0 Å². The van der Waals surface area contributed by atoms with Gasteiger partial charge in [0.25, 0.3) is 0 Å². The monoisotopic (exact) mass is 324 g/mol. The first-order chi connectivity index (χ1) is 6.53. The van der Waals surface area contributed by atoms with Crippen molar-refractivity contribution in [2.24, 2.45) is 0 Å². The van der Waals surface area contributed by atoms with Gasteiger partial charge in [-0.05, 0) is 28.1 Å². The van der Waals surface area contributed by atoms with Crippen molar-refractivity contribution in [2.75, 3.05) is 13.2 Å². The van der Waals surface area contributed by atoms with Crippen molar-refractivity contribution >= 4 is 31.9 Å². The molecule has 1 aliphatic heterocycles. The summed E-state index contributed by atoms with van der Waals surface area (Å²) in [5, 5.41) is 9.94. The Labute approximate surface area is 97.3 Å². The maximum absolute atomic E-state index is 13.2. The molecular weight excluding hydrogens is 319 g/mol. The molecule has 2 rings (SSSR count). The van der Waals surface area contributed by atoms with Crippen LogP contribution in [0.2, 0.25) is 0 Å². The van der Waals surface area contributed by atoms with E-state index in [4.69, 9.17) is 4.74 Å². The second-order valence-corrected chi connectivity index (χ2v) is 4.98. The molecule has 2 nitrogen and oxygen atoms in total. The summed E-state index contributed by atoms with van der Waals surface area (Å²) < 4.78 is 19.2. The summed E-state index contributed by atoms with van der Waals surface area (Å²) in [6, 6.07) is 2.90. The Hall–Kier alpha value is 0.0300. The van der Waals surface area contributed by atoms with Crippen LogP contribution in [0, 0.1) is 5.82 Å². The zero-order chi connectivity index (χ0) is 10.3. The molecule has 1 aromatic carbocycles. The van der Waals surface area contributed by atoms with E-state index >= 15 is 0 Å². The van der Waals surface area contributed by atoms with Crippen LogP contribution in [0.25, 0.3) is 0 Å². The Balaban J connectivity index is 2.48. The number of hydrogen-bond acceptors (Lipinski definition) is 2. The quantitative estimate of drug-likeness (QED) is 0.804. The second-order valence-electron chi connectivity index (χ2n) is 3.27. The lowest BCUT2D eigenvalue weighted by Gasteiger charge is -2.37. The van der Waals surface area contributed by atoms with Crippen LogP contribution in [0.3, 0.4) is 0 Å². The van der Waals surface area contributed by atoms with Crippen molar-refractivity contribution in [1.82, 2.24) is 0 Å². The fraction of sp³-hybridized carbons (Fsp3) is 0.333. The molecule has 1 heterocycles. The van der Waals surface area contributed by atoms with Gasteiger partial charge in [-0.2, -0.15) is 0 Å². The normalized spacial score (nSPS) is 19.1. The third-order valence-corrected chi connectivity index (χ3v) is 3.46. The van der Waals surface area contributed by atoms with E-state index in [0.717, 1.165) is 0 Å². The summed E-state index contributed by atoms with van der Waals surface area (Å²) in [4.78, 5) is 0. The first-order valence-electron chi connectivity index (χ1n) is 3.98. The summed E-state index contributed by atoms with van der Waals surface area (Å²) in [6.07, 6.45) is 0. The first-order valence-corrected chi connectivity index (χ1v) is 5.57. The molecular formula is C9H7Br2FO2. The second kappa shape index (κ2) is 3.56. The molecule has 0 unspecified atom stereocenters. The van der Waals surface area contributed by atoms with Gasteiger partial charge >= 0.3 is 0 Å². The average molecular weight is 326 g/mol. The highest BCUT2D eigenvalue weighted by Crippen LogP contribution is 2.36. The smallest absolute Gasteiger partial charge is 0.137 e. The Bertz CT molecular complexity index is 377. The van der Waals surface area contributed by atoms with Gasteiger partial charge in [-0.15, -0.1) is 0 Å². The van der Waals surface area contributed by atoms with Gasteiger partial charge in [0.15, 0.2) is 0 Å². The number of hydrogen-bond donors (Lipinski definition) is 1. The van der Waals surface area contributed by atoms with Crippen LogP contribution in [-0.2, 0) is 10.3 Å². The third-order valence-electron chi connectivity index (χ3n) is 2.19. The Morgan fingerprint density at radius 1 is 1.29 bits per heavy atom. The van der Waals surface area contributed by atoms with Gasteiger partial charge in [0.1, 0.15) is 11.4 Å². The molecule has 0 aliphatic carbocycles. The van der Waals surface area contributed by atoms with Crippen LogP contribution in [0.5, 0.6) is 0 Å². The van der Waals surface area contributed by atoms with Crippen molar-refractivity contribution in [3.8, 4) is 0 Å². The molecule has 0 amide bonds. The molecule has 76 valence electrons. The molecule has 0 radical (unpaired) electrons. The number of halogens is 3. The lowest BCUT2D eigenvalue weighted by Crippen LogP contribution is -2.46. The fourth-order valence-corrected chi connectivity index (χ4v) is 2.69. The van der Waals surface area contributed by atoms with E-state index in [-0.39, 0.29) is 19.0 Å². The minimum absolute atomic E-state index is 0.215.